The Morgan fingerprint density at radius 3 is 2.86 bits per heavy atom. The topological polar surface area (TPSA) is 86.3 Å². The van der Waals surface area contributed by atoms with Crippen molar-refractivity contribution in [2.75, 3.05) is 18.0 Å². The lowest BCUT2D eigenvalue weighted by atomic mass is 9.83. The van der Waals surface area contributed by atoms with E-state index in [9.17, 15) is 14.7 Å². The van der Waals surface area contributed by atoms with Crippen molar-refractivity contribution in [3.63, 3.8) is 0 Å². The van der Waals surface area contributed by atoms with E-state index in [-0.39, 0.29) is 11.5 Å². The van der Waals surface area contributed by atoms with Gasteiger partial charge in [0, 0.05) is 25.1 Å². The van der Waals surface area contributed by atoms with Gasteiger partial charge in [-0.05, 0) is 12.8 Å². The molecule has 1 fully saturated rings. The molecule has 1 aliphatic rings. The second kappa shape index (κ2) is 5.87. The number of rotatable bonds is 5. The molecular weight excluding hydrogens is 270 g/mol. The van der Waals surface area contributed by atoms with Crippen LogP contribution < -0.4 is 10.5 Å². The lowest BCUT2D eigenvalue weighted by molar-refractivity contribution is -0.148. The Balaban J connectivity index is 2.29. The van der Waals surface area contributed by atoms with Crippen molar-refractivity contribution in [2.45, 2.75) is 46.0 Å². The maximum atomic E-state index is 11.8. The van der Waals surface area contributed by atoms with E-state index in [0.717, 1.165) is 6.42 Å². The second-order valence-corrected chi connectivity index (χ2v) is 6.15. The molecule has 1 saturated heterocycles. The Kier molecular flexibility index (Phi) is 4.34. The van der Waals surface area contributed by atoms with Gasteiger partial charge in [-0.15, -0.1) is 0 Å². The first-order valence-electron chi connectivity index (χ1n) is 7.47. The summed E-state index contributed by atoms with van der Waals surface area (Å²) in [6.07, 6.45) is 2.08. The van der Waals surface area contributed by atoms with Gasteiger partial charge >= 0.3 is 5.97 Å². The van der Waals surface area contributed by atoms with Gasteiger partial charge in [0.2, 0.25) is 0 Å². The van der Waals surface area contributed by atoms with E-state index < -0.39 is 11.4 Å². The van der Waals surface area contributed by atoms with Gasteiger partial charge in [-0.3, -0.25) is 9.59 Å². The number of aromatic nitrogens is 2. The summed E-state index contributed by atoms with van der Waals surface area (Å²) in [5.74, 6) is 0.600. The van der Waals surface area contributed by atoms with Crippen LogP contribution in [0.1, 0.15) is 51.8 Å². The summed E-state index contributed by atoms with van der Waals surface area (Å²) in [4.78, 5) is 32.5. The van der Waals surface area contributed by atoms with Crippen molar-refractivity contribution in [1.82, 2.24) is 9.97 Å². The number of hydrogen-bond acceptors (Lipinski definition) is 4. The van der Waals surface area contributed by atoms with Crippen molar-refractivity contribution in [1.29, 1.82) is 0 Å². The molecule has 0 spiro atoms. The Bertz CT molecular complexity index is 582. The molecule has 0 aromatic carbocycles. The van der Waals surface area contributed by atoms with Crippen LogP contribution in [0.2, 0.25) is 0 Å². The molecule has 21 heavy (non-hydrogen) atoms. The van der Waals surface area contributed by atoms with Crippen LogP contribution in [-0.2, 0) is 4.79 Å². The van der Waals surface area contributed by atoms with Crippen molar-refractivity contribution in [3.05, 3.63) is 22.2 Å². The molecule has 1 aliphatic heterocycles. The number of aliphatic carboxylic acids is 1. The number of carbonyl (C=O) groups is 1. The summed E-state index contributed by atoms with van der Waals surface area (Å²) < 4.78 is 0. The first kappa shape index (κ1) is 15.5. The Hall–Kier alpha value is -1.85. The molecule has 1 atom stereocenters. The SMILES string of the molecule is CCCC1(C(=O)O)CCN(c2cc(=O)[nH]c(C(C)C)n2)C1. The van der Waals surface area contributed by atoms with Gasteiger partial charge in [0.05, 0.1) is 5.41 Å². The number of nitrogens with one attached hydrogen (secondary N) is 1. The highest BCUT2D eigenvalue weighted by Crippen LogP contribution is 2.37. The molecule has 0 saturated carbocycles. The summed E-state index contributed by atoms with van der Waals surface area (Å²) in [6.45, 7) is 6.97. The van der Waals surface area contributed by atoms with Gasteiger partial charge in [-0.2, -0.15) is 0 Å². The van der Waals surface area contributed by atoms with Gasteiger partial charge in [0.25, 0.3) is 5.56 Å². The molecule has 1 aromatic heterocycles. The number of anilines is 1. The number of carboxylic acids is 1. The maximum absolute atomic E-state index is 11.8. The van der Waals surface area contributed by atoms with E-state index >= 15 is 0 Å². The van der Waals surface area contributed by atoms with Crippen LogP contribution >= 0.6 is 0 Å². The molecule has 116 valence electrons. The van der Waals surface area contributed by atoms with Gasteiger partial charge in [0.15, 0.2) is 0 Å². The highest BCUT2D eigenvalue weighted by Gasteiger charge is 2.44. The summed E-state index contributed by atoms with van der Waals surface area (Å²) in [6, 6.07) is 1.45. The monoisotopic (exact) mass is 293 g/mol. The fraction of sp³-hybridized carbons (Fsp3) is 0.667. The van der Waals surface area contributed by atoms with Crippen molar-refractivity contribution >= 4 is 11.8 Å². The number of hydrogen-bond donors (Lipinski definition) is 2. The summed E-state index contributed by atoms with van der Waals surface area (Å²) in [5, 5.41) is 9.54. The minimum absolute atomic E-state index is 0.125. The molecule has 2 N–H and O–H groups in total. The highest BCUT2D eigenvalue weighted by atomic mass is 16.4. The average molecular weight is 293 g/mol. The van der Waals surface area contributed by atoms with Crippen LogP contribution in [0.15, 0.2) is 10.9 Å². The van der Waals surface area contributed by atoms with Crippen molar-refractivity contribution in [3.8, 4) is 0 Å². The van der Waals surface area contributed by atoms with E-state index in [1.165, 1.54) is 6.07 Å². The number of nitrogens with zero attached hydrogens (tertiary/aromatic N) is 2. The summed E-state index contributed by atoms with van der Waals surface area (Å²) in [5.41, 5.74) is -0.899. The Morgan fingerprint density at radius 1 is 1.57 bits per heavy atom. The van der Waals surface area contributed by atoms with Crippen LogP contribution in [-0.4, -0.2) is 34.1 Å². The van der Waals surface area contributed by atoms with E-state index in [2.05, 4.69) is 9.97 Å². The Labute approximate surface area is 124 Å². The number of aromatic amines is 1. The van der Waals surface area contributed by atoms with Crippen LogP contribution in [0.3, 0.4) is 0 Å². The van der Waals surface area contributed by atoms with E-state index in [1.807, 2.05) is 25.7 Å². The summed E-state index contributed by atoms with van der Waals surface area (Å²) >= 11 is 0. The lowest BCUT2D eigenvalue weighted by Crippen LogP contribution is -2.35. The zero-order valence-corrected chi connectivity index (χ0v) is 12.8. The normalized spacial score (nSPS) is 22.0. The van der Waals surface area contributed by atoms with E-state index in [0.29, 0.717) is 37.6 Å². The smallest absolute Gasteiger partial charge is 0.311 e. The first-order chi connectivity index (χ1) is 9.88. The number of H-pyrrole nitrogens is 1. The third-order valence-corrected chi connectivity index (χ3v) is 4.15. The van der Waals surface area contributed by atoms with Crippen molar-refractivity contribution in [2.24, 2.45) is 5.41 Å². The van der Waals surface area contributed by atoms with Gasteiger partial charge < -0.3 is 15.0 Å². The minimum atomic E-state index is -0.749. The van der Waals surface area contributed by atoms with E-state index in [1.54, 1.807) is 0 Å². The molecule has 0 amide bonds. The molecule has 0 bridgehead atoms. The third kappa shape index (κ3) is 3.09. The molecule has 2 heterocycles. The van der Waals surface area contributed by atoms with E-state index in [4.69, 9.17) is 0 Å². The predicted molar refractivity (Wildman–Crippen MR) is 80.8 cm³/mol. The molecule has 2 rings (SSSR count). The zero-order valence-electron chi connectivity index (χ0n) is 12.8. The molecule has 6 heteroatoms. The van der Waals surface area contributed by atoms with Gasteiger partial charge in [-0.1, -0.05) is 27.2 Å². The zero-order chi connectivity index (χ0) is 15.6. The molecular formula is C15H23N3O3. The molecule has 0 aliphatic carbocycles. The maximum Gasteiger partial charge on any atom is 0.311 e. The average Bonchev–Trinajstić information content (AvgIpc) is 2.84. The second-order valence-electron chi connectivity index (χ2n) is 6.15. The van der Waals surface area contributed by atoms with Crippen LogP contribution in [0.5, 0.6) is 0 Å². The van der Waals surface area contributed by atoms with Crippen LogP contribution in [0, 0.1) is 5.41 Å². The molecule has 1 aromatic rings. The molecule has 0 radical (unpaired) electrons. The largest absolute Gasteiger partial charge is 0.481 e. The highest BCUT2D eigenvalue weighted by molar-refractivity contribution is 5.76. The van der Waals surface area contributed by atoms with Gasteiger partial charge in [0.1, 0.15) is 11.6 Å². The summed E-state index contributed by atoms with van der Waals surface area (Å²) in [7, 11) is 0. The van der Waals surface area contributed by atoms with Crippen molar-refractivity contribution < 1.29 is 9.90 Å². The minimum Gasteiger partial charge on any atom is -0.481 e. The van der Waals surface area contributed by atoms with Crippen LogP contribution in [0.25, 0.3) is 0 Å². The number of carboxylic acid groups (broad SMARTS) is 1. The quantitative estimate of drug-likeness (QED) is 0.867. The first-order valence-corrected chi connectivity index (χ1v) is 7.47. The molecule has 1 unspecified atom stereocenters. The fourth-order valence-electron chi connectivity index (χ4n) is 2.93. The van der Waals surface area contributed by atoms with Crippen LogP contribution in [0.4, 0.5) is 5.82 Å². The lowest BCUT2D eigenvalue weighted by Gasteiger charge is -2.24. The fourth-order valence-corrected chi connectivity index (χ4v) is 2.93. The van der Waals surface area contributed by atoms with Gasteiger partial charge in [-0.25, -0.2) is 4.98 Å². The predicted octanol–water partition coefficient (Wildman–Crippen LogP) is 1.97. The molecule has 6 nitrogen and oxygen atoms in total. The standard InChI is InChI=1S/C15H23N3O3/c1-4-5-15(14(20)21)6-7-18(9-15)11-8-12(19)17-13(16-11)10(2)3/h8,10H,4-7,9H2,1-3H3,(H,20,21)(H,16,17,19). The Morgan fingerprint density at radius 2 is 2.29 bits per heavy atom. The third-order valence-electron chi connectivity index (χ3n) is 4.15.